The summed E-state index contributed by atoms with van der Waals surface area (Å²) in [5, 5.41) is 5.36. The molecule has 2 aromatic rings. The van der Waals surface area contributed by atoms with Gasteiger partial charge in [0.15, 0.2) is 11.5 Å². The van der Waals surface area contributed by atoms with Crippen LogP contribution in [0.4, 0.5) is 16.2 Å². The summed E-state index contributed by atoms with van der Waals surface area (Å²) >= 11 is 0. The van der Waals surface area contributed by atoms with Crippen LogP contribution in [0.1, 0.15) is 17.3 Å². The van der Waals surface area contributed by atoms with Crippen LogP contribution >= 0.6 is 0 Å². The Morgan fingerprint density at radius 2 is 1.79 bits per heavy atom. The molecule has 1 aliphatic rings. The summed E-state index contributed by atoms with van der Waals surface area (Å²) in [7, 11) is 0. The van der Waals surface area contributed by atoms with E-state index in [1.54, 1.807) is 49.4 Å². The number of hydrogen-bond acceptors (Lipinski definition) is 5. The van der Waals surface area contributed by atoms with Gasteiger partial charge in [-0.3, -0.25) is 0 Å². The molecule has 3 rings (SSSR count). The fraction of sp³-hybridized carbons (Fsp3) is 0.176. The van der Waals surface area contributed by atoms with Gasteiger partial charge >= 0.3 is 12.0 Å². The van der Waals surface area contributed by atoms with Gasteiger partial charge in [0.1, 0.15) is 0 Å². The van der Waals surface area contributed by atoms with Crippen molar-refractivity contribution in [3.8, 4) is 11.5 Å². The number of benzene rings is 2. The second-order valence-electron chi connectivity index (χ2n) is 4.95. The normalized spacial score (nSPS) is 11.7. The second kappa shape index (κ2) is 6.91. The first-order chi connectivity index (χ1) is 11.7. The Labute approximate surface area is 138 Å². The number of amides is 2. The molecular formula is C17H16N2O5. The molecule has 0 saturated carbocycles. The number of urea groups is 1. The van der Waals surface area contributed by atoms with E-state index in [9.17, 15) is 9.59 Å². The average Bonchev–Trinajstić information content (AvgIpc) is 3.03. The van der Waals surface area contributed by atoms with Gasteiger partial charge in [-0.15, -0.1) is 0 Å². The van der Waals surface area contributed by atoms with Crippen LogP contribution in [0.25, 0.3) is 0 Å². The summed E-state index contributed by atoms with van der Waals surface area (Å²) in [6.45, 7) is 2.20. The van der Waals surface area contributed by atoms with Crippen LogP contribution in [0, 0.1) is 0 Å². The van der Waals surface area contributed by atoms with Gasteiger partial charge in [0.05, 0.1) is 12.2 Å². The zero-order chi connectivity index (χ0) is 16.9. The predicted octanol–water partition coefficient (Wildman–Crippen LogP) is 3.24. The quantitative estimate of drug-likeness (QED) is 0.842. The summed E-state index contributed by atoms with van der Waals surface area (Å²) < 4.78 is 15.4. The number of rotatable bonds is 4. The summed E-state index contributed by atoms with van der Waals surface area (Å²) in [5.74, 6) is 0.789. The van der Waals surface area contributed by atoms with E-state index in [0.29, 0.717) is 35.0 Å². The molecule has 2 N–H and O–H groups in total. The first-order valence-electron chi connectivity index (χ1n) is 7.40. The van der Waals surface area contributed by atoms with Crippen molar-refractivity contribution in [2.24, 2.45) is 0 Å². The standard InChI is InChI=1S/C17H16N2O5/c1-2-22-16(20)11-4-3-5-12(8-11)18-17(21)19-13-6-7-14-15(9-13)24-10-23-14/h3-9H,2,10H2,1H3,(H2,18,19,21). The lowest BCUT2D eigenvalue weighted by Crippen LogP contribution is -2.19. The van der Waals surface area contributed by atoms with Crippen molar-refractivity contribution >= 4 is 23.4 Å². The lowest BCUT2D eigenvalue weighted by Gasteiger charge is -2.09. The Bertz CT molecular complexity index is 775. The molecule has 0 aliphatic carbocycles. The molecule has 7 nitrogen and oxygen atoms in total. The summed E-state index contributed by atoms with van der Waals surface area (Å²) in [5.41, 5.74) is 1.43. The smallest absolute Gasteiger partial charge is 0.338 e. The predicted molar refractivity (Wildman–Crippen MR) is 87.6 cm³/mol. The number of anilines is 2. The molecule has 0 bridgehead atoms. The van der Waals surface area contributed by atoms with Crippen LogP contribution in [0.5, 0.6) is 11.5 Å². The third kappa shape index (κ3) is 3.57. The molecule has 1 heterocycles. The molecule has 124 valence electrons. The van der Waals surface area contributed by atoms with Crippen LogP contribution in [0.2, 0.25) is 0 Å². The minimum atomic E-state index is -0.435. The molecule has 2 amide bonds. The molecule has 24 heavy (non-hydrogen) atoms. The highest BCUT2D eigenvalue weighted by Gasteiger charge is 2.14. The number of esters is 1. The second-order valence-corrected chi connectivity index (χ2v) is 4.95. The Hall–Kier alpha value is -3.22. The summed E-state index contributed by atoms with van der Waals surface area (Å²) in [4.78, 5) is 23.8. The highest BCUT2D eigenvalue weighted by molar-refractivity contribution is 6.01. The number of nitrogens with one attached hydrogen (secondary N) is 2. The van der Waals surface area contributed by atoms with Gasteiger partial charge in [-0.25, -0.2) is 9.59 Å². The van der Waals surface area contributed by atoms with E-state index in [2.05, 4.69) is 10.6 Å². The highest BCUT2D eigenvalue weighted by Crippen LogP contribution is 2.34. The summed E-state index contributed by atoms with van der Waals surface area (Å²) in [6, 6.07) is 11.2. The van der Waals surface area contributed by atoms with Crippen LogP contribution in [-0.4, -0.2) is 25.4 Å². The van der Waals surface area contributed by atoms with Crippen molar-refractivity contribution in [3.63, 3.8) is 0 Å². The van der Waals surface area contributed by atoms with Gasteiger partial charge in [0, 0.05) is 17.4 Å². The molecule has 2 aromatic carbocycles. The van der Waals surface area contributed by atoms with Crippen LogP contribution in [0.15, 0.2) is 42.5 Å². The lowest BCUT2D eigenvalue weighted by molar-refractivity contribution is 0.0526. The van der Waals surface area contributed by atoms with Crippen LogP contribution < -0.4 is 20.1 Å². The third-order valence-electron chi connectivity index (χ3n) is 3.26. The molecule has 0 unspecified atom stereocenters. The minimum Gasteiger partial charge on any atom is -0.462 e. The van der Waals surface area contributed by atoms with E-state index in [1.807, 2.05) is 0 Å². The van der Waals surface area contributed by atoms with Crippen molar-refractivity contribution in [1.29, 1.82) is 0 Å². The Morgan fingerprint density at radius 3 is 2.58 bits per heavy atom. The monoisotopic (exact) mass is 328 g/mol. The first kappa shape index (κ1) is 15.7. The highest BCUT2D eigenvalue weighted by atomic mass is 16.7. The zero-order valence-electron chi connectivity index (χ0n) is 13.0. The molecule has 0 radical (unpaired) electrons. The van der Waals surface area contributed by atoms with Crippen LogP contribution in [0.3, 0.4) is 0 Å². The van der Waals surface area contributed by atoms with E-state index < -0.39 is 12.0 Å². The zero-order valence-corrected chi connectivity index (χ0v) is 13.0. The van der Waals surface area contributed by atoms with E-state index in [0.717, 1.165) is 0 Å². The molecule has 1 aliphatic heterocycles. The molecule has 0 fully saturated rings. The van der Waals surface area contributed by atoms with Gasteiger partial charge in [-0.2, -0.15) is 0 Å². The molecule has 0 aromatic heterocycles. The molecular weight excluding hydrogens is 312 g/mol. The van der Waals surface area contributed by atoms with Crippen molar-refractivity contribution in [1.82, 2.24) is 0 Å². The molecule has 0 atom stereocenters. The van der Waals surface area contributed by atoms with E-state index >= 15 is 0 Å². The van der Waals surface area contributed by atoms with E-state index in [-0.39, 0.29) is 6.79 Å². The first-order valence-corrected chi connectivity index (χ1v) is 7.40. The fourth-order valence-corrected chi connectivity index (χ4v) is 2.21. The molecule has 0 saturated heterocycles. The van der Waals surface area contributed by atoms with Gasteiger partial charge in [0.25, 0.3) is 0 Å². The van der Waals surface area contributed by atoms with Crippen molar-refractivity contribution in [3.05, 3.63) is 48.0 Å². The van der Waals surface area contributed by atoms with Crippen molar-refractivity contribution in [2.45, 2.75) is 6.92 Å². The maximum Gasteiger partial charge on any atom is 0.338 e. The van der Waals surface area contributed by atoms with Gasteiger partial charge in [0.2, 0.25) is 6.79 Å². The largest absolute Gasteiger partial charge is 0.462 e. The minimum absolute atomic E-state index is 0.172. The van der Waals surface area contributed by atoms with Crippen LogP contribution in [-0.2, 0) is 4.74 Å². The van der Waals surface area contributed by atoms with E-state index in [4.69, 9.17) is 14.2 Å². The number of ether oxygens (including phenoxy) is 3. The molecule has 7 heteroatoms. The Kier molecular flexibility index (Phi) is 4.51. The van der Waals surface area contributed by atoms with Gasteiger partial charge in [-0.1, -0.05) is 6.07 Å². The third-order valence-corrected chi connectivity index (χ3v) is 3.26. The average molecular weight is 328 g/mol. The number of hydrogen-bond donors (Lipinski definition) is 2. The SMILES string of the molecule is CCOC(=O)c1cccc(NC(=O)Nc2ccc3c(c2)OCO3)c1. The van der Waals surface area contributed by atoms with Gasteiger partial charge < -0.3 is 24.8 Å². The molecule has 0 spiro atoms. The fourth-order valence-electron chi connectivity index (χ4n) is 2.21. The number of carbonyl (C=O) groups excluding carboxylic acids is 2. The van der Waals surface area contributed by atoms with Crippen molar-refractivity contribution in [2.75, 3.05) is 24.0 Å². The maximum atomic E-state index is 12.1. The Morgan fingerprint density at radius 1 is 1.04 bits per heavy atom. The van der Waals surface area contributed by atoms with Crippen molar-refractivity contribution < 1.29 is 23.8 Å². The maximum absolute atomic E-state index is 12.1. The van der Waals surface area contributed by atoms with Gasteiger partial charge in [-0.05, 0) is 37.3 Å². The summed E-state index contributed by atoms with van der Waals surface area (Å²) in [6.07, 6.45) is 0. The van der Waals surface area contributed by atoms with E-state index in [1.165, 1.54) is 0 Å². The lowest BCUT2D eigenvalue weighted by atomic mass is 10.2. The topological polar surface area (TPSA) is 85.9 Å². The number of fused-ring (bicyclic) bond motifs is 1. The Balaban J connectivity index is 1.64. The number of carbonyl (C=O) groups is 2.